The number of carbonyl (C=O) groups is 3. The highest BCUT2D eigenvalue weighted by Crippen LogP contribution is 2.31. The minimum atomic E-state index is -0.907. The zero-order chi connectivity index (χ0) is 21.3. The Balaban J connectivity index is 1.41. The third-order valence-electron chi connectivity index (χ3n) is 6.20. The second-order valence-corrected chi connectivity index (χ2v) is 7.99. The van der Waals surface area contributed by atoms with E-state index in [1.165, 1.54) is 4.90 Å². The number of hydrogen-bond acceptors (Lipinski definition) is 4. The van der Waals surface area contributed by atoms with Crippen LogP contribution in [0.2, 0.25) is 0 Å². The van der Waals surface area contributed by atoms with Crippen molar-refractivity contribution in [3.8, 4) is 0 Å². The fraction of sp³-hybridized carbons (Fsp3) is 0.455. The van der Waals surface area contributed by atoms with Crippen molar-refractivity contribution < 1.29 is 14.4 Å². The SMILES string of the molecule is CCc1nccn1C(C)C(=O)N1CCC2(CC1)NC(=O)N(Cc1ccccc1)C2=O. The lowest BCUT2D eigenvalue weighted by molar-refractivity contribution is -0.140. The van der Waals surface area contributed by atoms with Crippen LogP contribution in [0, 0.1) is 0 Å². The number of urea groups is 1. The maximum absolute atomic E-state index is 13.1. The van der Waals surface area contributed by atoms with Gasteiger partial charge in [0.15, 0.2) is 0 Å². The van der Waals surface area contributed by atoms with Crippen molar-refractivity contribution >= 4 is 17.8 Å². The van der Waals surface area contributed by atoms with Crippen LogP contribution in [-0.2, 0) is 22.6 Å². The average molecular weight is 409 g/mol. The van der Waals surface area contributed by atoms with Crippen LogP contribution in [0.5, 0.6) is 0 Å². The van der Waals surface area contributed by atoms with Gasteiger partial charge in [0.05, 0.1) is 6.54 Å². The Morgan fingerprint density at radius 1 is 1.20 bits per heavy atom. The van der Waals surface area contributed by atoms with Crippen molar-refractivity contribution in [1.82, 2.24) is 24.7 Å². The summed E-state index contributed by atoms with van der Waals surface area (Å²) in [5.41, 5.74) is 0.00157. The third kappa shape index (κ3) is 3.46. The number of benzene rings is 1. The molecule has 1 spiro atoms. The fourth-order valence-electron chi connectivity index (χ4n) is 4.39. The molecule has 8 nitrogen and oxygen atoms in total. The lowest BCUT2D eigenvalue weighted by atomic mass is 9.87. The molecular formula is C22H27N5O3. The summed E-state index contributed by atoms with van der Waals surface area (Å²) in [5, 5.41) is 2.91. The molecule has 158 valence electrons. The van der Waals surface area contributed by atoms with E-state index in [2.05, 4.69) is 10.3 Å². The van der Waals surface area contributed by atoms with Gasteiger partial charge in [-0.3, -0.25) is 14.5 Å². The van der Waals surface area contributed by atoms with Crippen LogP contribution >= 0.6 is 0 Å². The molecule has 1 unspecified atom stereocenters. The molecule has 4 rings (SSSR count). The Bertz CT molecular complexity index is 947. The molecule has 1 aromatic heterocycles. The summed E-state index contributed by atoms with van der Waals surface area (Å²) >= 11 is 0. The van der Waals surface area contributed by atoms with Crippen LogP contribution in [0.3, 0.4) is 0 Å². The van der Waals surface area contributed by atoms with Crippen LogP contribution < -0.4 is 5.32 Å². The molecule has 1 aromatic carbocycles. The highest BCUT2D eigenvalue weighted by Gasteiger charge is 2.52. The number of rotatable bonds is 5. The summed E-state index contributed by atoms with van der Waals surface area (Å²) in [7, 11) is 0. The zero-order valence-electron chi connectivity index (χ0n) is 17.4. The first kappa shape index (κ1) is 20.1. The molecule has 8 heteroatoms. The summed E-state index contributed by atoms with van der Waals surface area (Å²) in [5.74, 6) is 0.689. The molecule has 2 aliphatic rings. The minimum absolute atomic E-state index is 0.00969. The molecule has 3 heterocycles. The van der Waals surface area contributed by atoms with E-state index in [9.17, 15) is 14.4 Å². The van der Waals surface area contributed by atoms with Crippen molar-refractivity contribution in [2.45, 2.75) is 51.2 Å². The maximum Gasteiger partial charge on any atom is 0.325 e. The quantitative estimate of drug-likeness (QED) is 0.767. The second kappa shape index (κ2) is 7.93. The van der Waals surface area contributed by atoms with E-state index < -0.39 is 5.54 Å². The number of nitrogens with zero attached hydrogens (tertiary/aromatic N) is 4. The predicted molar refractivity (Wildman–Crippen MR) is 110 cm³/mol. The van der Waals surface area contributed by atoms with Gasteiger partial charge in [0.1, 0.15) is 17.4 Å². The number of piperidine rings is 1. The highest BCUT2D eigenvalue weighted by atomic mass is 16.2. The molecule has 0 aliphatic carbocycles. The van der Waals surface area contributed by atoms with Gasteiger partial charge >= 0.3 is 6.03 Å². The topological polar surface area (TPSA) is 87.5 Å². The molecule has 0 saturated carbocycles. The lowest BCUT2D eigenvalue weighted by Crippen LogP contribution is -2.56. The van der Waals surface area contributed by atoms with Crippen LogP contribution in [0.25, 0.3) is 0 Å². The number of hydrogen-bond donors (Lipinski definition) is 1. The second-order valence-electron chi connectivity index (χ2n) is 7.99. The first-order valence-electron chi connectivity index (χ1n) is 10.4. The molecule has 0 bridgehead atoms. The number of imide groups is 1. The molecule has 2 aliphatic heterocycles. The van der Waals surface area contributed by atoms with Gasteiger partial charge in [-0.05, 0) is 25.3 Å². The van der Waals surface area contributed by atoms with Crippen molar-refractivity contribution in [3.05, 3.63) is 54.1 Å². The van der Waals surface area contributed by atoms with E-state index in [1.807, 2.05) is 54.9 Å². The van der Waals surface area contributed by atoms with Crippen molar-refractivity contribution in [2.24, 2.45) is 0 Å². The number of amides is 4. The van der Waals surface area contributed by atoms with Gasteiger partial charge in [0, 0.05) is 31.9 Å². The van der Waals surface area contributed by atoms with Gasteiger partial charge in [0.25, 0.3) is 5.91 Å². The zero-order valence-corrected chi connectivity index (χ0v) is 17.4. The first-order valence-corrected chi connectivity index (χ1v) is 10.4. The predicted octanol–water partition coefficient (Wildman–Crippen LogP) is 2.12. The monoisotopic (exact) mass is 409 g/mol. The Morgan fingerprint density at radius 2 is 1.90 bits per heavy atom. The summed E-state index contributed by atoms with van der Waals surface area (Å²) in [4.78, 5) is 46.0. The maximum atomic E-state index is 13.1. The molecule has 1 atom stereocenters. The Labute approximate surface area is 175 Å². The smallest absolute Gasteiger partial charge is 0.325 e. The Morgan fingerprint density at radius 3 is 2.57 bits per heavy atom. The van der Waals surface area contributed by atoms with E-state index in [1.54, 1.807) is 11.1 Å². The first-order chi connectivity index (χ1) is 14.4. The summed E-state index contributed by atoms with van der Waals surface area (Å²) < 4.78 is 1.90. The van der Waals surface area contributed by atoms with Gasteiger partial charge in [-0.2, -0.15) is 0 Å². The van der Waals surface area contributed by atoms with Crippen LogP contribution in [0.15, 0.2) is 42.7 Å². The standard InChI is InChI=1S/C22H27N5O3/c1-3-18-23-11-14-26(18)16(2)19(28)25-12-9-22(10-13-25)20(29)27(21(30)24-22)15-17-7-5-4-6-8-17/h4-8,11,14,16H,3,9-10,12-13,15H2,1-2H3,(H,24,30). The minimum Gasteiger partial charge on any atom is -0.341 e. The Kier molecular flexibility index (Phi) is 5.32. The van der Waals surface area contributed by atoms with Gasteiger partial charge < -0.3 is 14.8 Å². The molecule has 2 fully saturated rings. The summed E-state index contributed by atoms with van der Waals surface area (Å²) in [6.07, 6.45) is 5.14. The van der Waals surface area contributed by atoms with E-state index in [0.29, 0.717) is 25.9 Å². The largest absolute Gasteiger partial charge is 0.341 e. The van der Waals surface area contributed by atoms with Crippen LogP contribution in [-0.4, -0.2) is 55.8 Å². The van der Waals surface area contributed by atoms with Gasteiger partial charge in [-0.25, -0.2) is 9.78 Å². The number of carbonyl (C=O) groups excluding carboxylic acids is 3. The molecular weight excluding hydrogens is 382 g/mol. The van der Waals surface area contributed by atoms with Crippen molar-refractivity contribution in [3.63, 3.8) is 0 Å². The molecule has 1 N–H and O–H groups in total. The normalized spacial score (nSPS) is 19.3. The molecule has 4 amide bonds. The number of likely N-dealkylation sites (tertiary alicyclic amines) is 1. The van der Waals surface area contributed by atoms with Crippen LogP contribution in [0.4, 0.5) is 4.79 Å². The van der Waals surface area contributed by atoms with Gasteiger partial charge in [0.2, 0.25) is 5.91 Å². The average Bonchev–Trinajstić information content (AvgIpc) is 3.33. The van der Waals surface area contributed by atoms with Gasteiger partial charge in [-0.1, -0.05) is 37.3 Å². The van der Waals surface area contributed by atoms with E-state index in [0.717, 1.165) is 17.8 Å². The van der Waals surface area contributed by atoms with Crippen LogP contribution in [0.1, 0.15) is 44.1 Å². The lowest BCUT2D eigenvalue weighted by Gasteiger charge is -2.38. The summed E-state index contributed by atoms with van der Waals surface area (Å²) in [6.45, 7) is 5.01. The third-order valence-corrected chi connectivity index (χ3v) is 6.20. The van der Waals surface area contributed by atoms with E-state index in [-0.39, 0.29) is 30.4 Å². The molecule has 0 radical (unpaired) electrons. The highest BCUT2D eigenvalue weighted by molar-refractivity contribution is 6.07. The number of aryl methyl sites for hydroxylation is 1. The van der Waals surface area contributed by atoms with Crippen molar-refractivity contribution in [1.29, 1.82) is 0 Å². The number of imidazole rings is 1. The molecule has 2 saturated heterocycles. The van der Waals surface area contributed by atoms with Crippen molar-refractivity contribution in [2.75, 3.05) is 13.1 Å². The van der Waals surface area contributed by atoms with E-state index in [4.69, 9.17) is 0 Å². The van der Waals surface area contributed by atoms with E-state index >= 15 is 0 Å². The van der Waals surface area contributed by atoms with Gasteiger partial charge in [-0.15, -0.1) is 0 Å². The molecule has 30 heavy (non-hydrogen) atoms. The fourth-order valence-corrected chi connectivity index (χ4v) is 4.39. The Hall–Kier alpha value is -3.16. The number of nitrogens with one attached hydrogen (secondary N) is 1. The number of aromatic nitrogens is 2. The molecule has 2 aromatic rings. The summed E-state index contributed by atoms with van der Waals surface area (Å²) in [6, 6.07) is 8.77.